The topological polar surface area (TPSA) is 109 Å². The molecule has 1 aliphatic rings. The molecule has 1 unspecified atom stereocenters. The number of aromatic nitrogens is 1. The molecule has 1 aromatic heterocycles. The molecule has 8 nitrogen and oxygen atoms in total. The number of amides is 1. The van der Waals surface area contributed by atoms with Crippen molar-refractivity contribution in [2.45, 2.75) is 23.9 Å². The summed E-state index contributed by atoms with van der Waals surface area (Å²) in [7, 11) is -3.87. The van der Waals surface area contributed by atoms with Crippen LogP contribution in [-0.2, 0) is 14.8 Å². The van der Waals surface area contributed by atoms with E-state index in [4.69, 9.17) is 9.94 Å². The summed E-state index contributed by atoms with van der Waals surface area (Å²) in [5.74, 6) is -0.333. The van der Waals surface area contributed by atoms with Gasteiger partial charge in [0.2, 0.25) is 10.0 Å². The highest BCUT2D eigenvalue weighted by atomic mass is 32.2. The summed E-state index contributed by atoms with van der Waals surface area (Å²) in [6, 6.07) is 7.95. The van der Waals surface area contributed by atoms with Crippen LogP contribution in [0.25, 0.3) is 0 Å². The fourth-order valence-corrected chi connectivity index (χ4v) is 4.29. The van der Waals surface area contributed by atoms with Crippen molar-refractivity contribution in [3.05, 3.63) is 54.4 Å². The third-order valence-electron chi connectivity index (χ3n) is 3.91. The van der Waals surface area contributed by atoms with Crippen LogP contribution in [0.15, 0.2) is 53.7 Å². The zero-order valence-corrected chi connectivity index (χ0v) is 14.2. The lowest BCUT2D eigenvalue weighted by Gasteiger charge is -2.08. The van der Waals surface area contributed by atoms with Crippen LogP contribution in [0.5, 0.6) is 5.75 Å². The first-order valence-corrected chi connectivity index (χ1v) is 8.96. The number of rotatable bonds is 6. The van der Waals surface area contributed by atoms with Crippen LogP contribution in [0.3, 0.4) is 0 Å². The second kappa shape index (κ2) is 6.79. The number of benzene rings is 1. The fraction of sp³-hybridized carbons (Fsp3) is 0.250. The molecule has 1 aliphatic heterocycles. The lowest BCUT2D eigenvalue weighted by Crippen LogP contribution is -2.29. The maximum atomic E-state index is 12.8. The van der Waals surface area contributed by atoms with Crippen LogP contribution in [0.2, 0.25) is 0 Å². The third kappa shape index (κ3) is 3.48. The molecule has 25 heavy (non-hydrogen) atoms. The second-order valence-corrected chi connectivity index (χ2v) is 7.48. The molecule has 1 amide bonds. The molecule has 0 radical (unpaired) electrons. The van der Waals surface area contributed by atoms with E-state index in [9.17, 15) is 13.2 Å². The van der Waals surface area contributed by atoms with Crippen molar-refractivity contribution in [2.75, 3.05) is 6.61 Å². The Morgan fingerprint density at radius 1 is 1.32 bits per heavy atom. The van der Waals surface area contributed by atoms with E-state index in [2.05, 4.69) is 4.98 Å². The summed E-state index contributed by atoms with van der Waals surface area (Å²) in [5, 5.41) is 8.87. The first-order chi connectivity index (χ1) is 11.9. The van der Waals surface area contributed by atoms with Gasteiger partial charge in [0.15, 0.2) is 0 Å². The van der Waals surface area contributed by atoms with Crippen LogP contribution < -0.4 is 10.2 Å². The van der Waals surface area contributed by atoms with Gasteiger partial charge in [0, 0.05) is 6.20 Å². The molecule has 2 heterocycles. The van der Waals surface area contributed by atoms with Crippen LogP contribution in [0.1, 0.15) is 5.56 Å². The minimum absolute atomic E-state index is 0.0329. The van der Waals surface area contributed by atoms with E-state index >= 15 is 0 Å². The van der Waals surface area contributed by atoms with Crippen molar-refractivity contribution in [3.8, 4) is 5.75 Å². The summed E-state index contributed by atoms with van der Waals surface area (Å²) in [6.45, 7) is 1.81. The van der Waals surface area contributed by atoms with Gasteiger partial charge in [-0.1, -0.05) is 17.7 Å². The molecular formula is C16H17N3O5S. The zero-order valence-electron chi connectivity index (χ0n) is 13.4. The van der Waals surface area contributed by atoms with E-state index in [1.165, 1.54) is 23.8 Å². The first-order valence-electron chi connectivity index (χ1n) is 7.52. The Morgan fingerprint density at radius 2 is 2.04 bits per heavy atom. The molecular weight excluding hydrogens is 346 g/mol. The van der Waals surface area contributed by atoms with Gasteiger partial charge in [0.05, 0.1) is 17.1 Å². The molecule has 0 aliphatic carbocycles. The van der Waals surface area contributed by atoms with E-state index in [0.29, 0.717) is 5.75 Å². The molecule has 1 fully saturated rings. The number of carbonyl (C=O) groups excluding carboxylic acids is 1. The number of nitrogens with one attached hydrogen (secondary N) is 1. The van der Waals surface area contributed by atoms with Gasteiger partial charge in [-0.15, -0.1) is 0 Å². The standard InChI is InChI=1S/C16H17N3O5S/c1-11-4-6-13(7-5-11)25(22,23)19-14(15(19)16(20)18-21)10-24-12-3-2-8-17-9-12/h2-9,14-15,21H,10H2,1H3,(H,18,20)/t14-,15-,19?/m1/s1. The van der Waals surface area contributed by atoms with Gasteiger partial charge in [0.1, 0.15) is 18.4 Å². The van der Waals surface area contributed by atoms with Gasteiger partial charge in [-0.05, 0) is 31.2 Å². The Labute approximate surface area is 145 Å². The van der Waals surface area contributed by atoms with Gasteiger partial charge in [-0.3, -0.25) is 15.0 Å². The van der Waals surface area contributed by atoms with Crippen LogP contribution in [0, 0.1) is 6.92 Å². The van der Waals surface area contributed by atoms with Crippen molar-refractivity contribution < 1.29 is 23.2 Å². The predicted molar refractivity (Wildman–Crippen MR) is 87.4 cm³/mol. The maximum Gasteiger partial charge on any atom is 0.263 e. The van der Waals surface area contributed by atoms with Gasteiger partial charge in [-0.2, -0.15) is 4.31 Å². The Bertz CT molecular complexity index is 855. The highest BCUT2D eigenvalue weighted by Crippen LogP contribution is 2.36. The van der Waals surface area contributed by atoms with E-state index in [-0.39, 0.29) is 11.5 Å². The monoisotopic (exact) mass is 363 g/mol. The molecule has 0 bridgehead atoms. The van der Waals surface area contributed by atoms with Crippen LogP contribution in [0.4, 0.5) is 0 Å². The summed E-state index contributed by atoms with van der Waals surface area (Å²) >= 11 is 0. The maximum absolute atomic E-state index is 12.8. The molecule has 0 saturated carbocycles. The highest BCUT2D eigenvalue weighted by molar-refractivity contribution is 7.89. The fourth-order valence-electron chi connectivity index (χ4n) is 2.55. The number of nitrogens with zero attached hydrogens (tertiary/aromatic N) is 2. The minimum atomic E-state index is -3.87. The Hall–Kier alpha value is -2.49. The van der Waals surface area contributed by atoms with E-state index < -0.39 is 28.0 Å². The number of aryl methyl sites for hydroxylation is 1. The largest absolute Gasteiger partial charge is 0.490 e. The van der Waals surface area contributed by atoms with Crippen molar-refractivity contribution in [3.63, 3.8) is 0 Å². The Morgan fingerprint density at radius 3 is 2.64 bits per heavy atom. The summed E-state index contributed by atoms with van der Waals surface area (Å²) in [4.78, 5) is 15.8. The molecule has 3 rings (SSSR count). The van der Waals surface area contributed by atoms with Crippen molar-refractivity contribution in [1.29, 1.82) is 0 Å². The quantitative estimate of drug-likeness (QED) is 0.445. The van der Waals surface area contributed by atoms with Crippen molar-refractivity contribution >= 4 is 15.9 Å². The number of pyridine rings is 1. The Kier molecular flexibility index (Phi) is 4.71. The molecule has 2 aromatic rings. The number of hydrogen-bond acceptors (Lipinski definition) is 6. The van der Waals surface area contributed by atoms with Gasteiger partial charge in [-0.25, -0.2) is 13.9 Å². The smallest absolute Gasteiger partial charge is 0.263 e. The average Bonchev–Trinajstić information content (AvgIpc) is 3.36. The molecule has 2 N–H and O–H groups in total. The number of hydroxylamine groups is 1. The van der Waals surface area contributed by atoms with Crippen molar-refractivity contribution in [1.82, 2.24) is 14.8 Å². The average molecular weight is 363 g/mol. The summed E-state index contributed by atoms with van der Waals surface area (Å²) in [5.41, 5.74) is 2.43. The third-order valence-corrected chi connectivity index (χ3v) is 5.83. The summed E-state index contributed by atoms with van der Waals surface area (Å²) in [6.07, 6.45) is 3.07. The molecule has 1 aromatic carbocycles. The van der Waals surface area contributed by atoms with E-state index in [1.807, 2.05) is 6.92 Å². The lowest BCUT2D eigenvalue weighted by atomic mass is 10.2. The normalized spacial score (nSPS) is 22.2. The summed E-state index contributed by atoms with van der Waals surface area (Å²) < 4.78 is 32.0. The number of ether oxygens (including phenoxy) is 1. The molecule has 1 saturated heterocycles. The Balaban J connectivity index is 1.80. The number of carbonyl (C=O) groups is 1. The van der Waals surface area contributed by atoms with E-state index in [0.717, 1.165) is 9.87 Å². The van der Waals surface area contributed by atoms with Crippen LogP contribution in [-0.4, -0.2) is 47.5 Å². The van der Waals surface area contributed by atoms with Gasteiger partial charge < -0.3 is 4.74 Å². The van der Waals surface area contributed by atoms with Crippen molar-refractivity contribution in [2.24, 2.45) is 0 Å². The van der Waals surface area contributed by atoms with Gasteiger partial charge in [0.25, 0.3) is 5.91 Å². The van der Waals surface area contributed by atoms with Gasteiger partial charge >= 0.3 is 0 Å². The molecule has 0 spiro atoms. The second-order valence-electron chi connectivity index (χ2n) is 5.64. The lowest BCUT2D eigenvalue weighted by molar-refractivity contribution is -0.129. The molecule has 3 atom stereocenters. The SMILES string of the molecule is Cc1ccc(S(=O)(=O)N2[C@H](COc3cccnc3)[C@@H]2C(=O)NO)cc1. The van der Waals surface area contributed by atoms with E-state index in [1.54, 1.807) is 30.5 Å². The first kappa shape index (κ1) is 17.3. The molecule has 9 heteroatoms. The number of hydrogen-bond donors (Lipinski definition) is 2. The molecule has 132 valence electrons. The van der Waals surface area contributed by atoms with Crippen LogP contribution >= 0.6 is 0 Å². The minimum Gasteiger partial charge on any atom is -0.490 e. The zero-order chi connectivity index (χ0) is 18.0. The highest BCUT2D eigenvalue weighted by Gasteiger charge is 2.60. The predicted octanol–water partition coefficient (Wildman–Crippen LogP) is 0.716. The number of sulfonamides is 1.